The number of carbonyl (C=O) groups is 2. The van der Waals surface area contributed by atoms with Crippen molar-refractivity contribution in [1.29, 1.82) is 0 Å². The van der Waals surface area contributed by atoms with Crippen molar-refractivity contribution in [3.05, 3.63) is 101 Å². The van der Waals surface area contributed by atoms with Gasteiger partial charge in [-0.05, 0) is 47.9 Å². The number of amides is 2. The molecule has 1 N–H and O–H groups in total. The smallest absolute Gasteiger partial charge is 0.244 e. The quantitative estimate of drug-likeness (QED) is 0.356. The van der Waals surface area contributed by atoms with Crippen molar-refractivity contribution in [3.8, 4) is 0 Å². The van der Waals surface area contributed by atoms with Gasteiger partial charge in [0.15, 0.2) is 0 Å². The van der Waals surface area contributed by atoms with E-state index in [-0.39, 0.29) is 24.6 Å². The van der Waals surface area contributed by atoms with Crippen molar-refractivity contribution >= 4 is 39.1 Å². The maximum atomic E-state index is 13.9. The Labute approximate surface area is 228 Å². The molecule has 3 aromatic rings. The van der Waals surface area contributed by atoms with Crippen LogP contribution in [0.2, 0.25) is 5.02 Å². The summed E-state index contributed by atoms with van der Waals surface area (Å²) in [6.45, 7) is 1.73. The van der Waals surface area contributed by atoms with Crippen LogP contribution in [-0.2, 0) is 32.6 Å². The molecule has 0 aliphatic carbocycles. The number of carbonyl (C=O) groups excluding carboxylic acids is 2. The topological polar surface area (TPSA) is 86.8 Å². The summed E-state index contributed by atoms with van der Waals surface area (Å²) in [6, 6.07) is 20.2. The molecule has 0 aliphatic rings. The van der Waals surface area contributed by atoms with E-state index in [9.17, 15) is 22.4 Å². The molecule has 0 aliphatic heterocycles. The number of sulfonamides is 1. The van der Waals surface area contributed by atoms with Gasteiger partial charge in [0.1, 0.15) is 18.4 Å². The number of hydrogen-bond acceptors (Lipinski definition) is 4. The van der Waals surface area contributed by atoms with E-state index in [2.05, 4.69) is 5.32 Å². The Hall–Kier alpha value is -3.43. The van der Waals surface area contributed by atoms with Crippen molar-refractivity contribution in [2.24, 2.45) is 0 Å². The average Bonchev–Trinajstić information content (AvgIpc) is 2.87. The lowest BCUT2D eigenvalue weighted by molar-refractivity contribution is -0.140. The maximum Gasteiger partial charge on any atom is 0.244 e. The normalized spacial score (nSPS) is 12.0. The standard InChI is InChI=1S/C28H31ClFN3O4S/c1-3-15-31-28(35)26(17-21-9-5-4-6-10-21)32(19-22-11-7-12-23(29)16-22)27(34)20-33(38(2,36)37)25-14-8-13-24(30)18-25/h4-14,16,18,26H,3,15,17,19-20H2,1-2H3,(H,31,35). The first-order chi connectivity index (χ1) is 18.1. The van der Waals surface area contributed by atoms with Gasteiger partial charge < -0.3 is 10.2 Å². The monoisotopic (exact) mass is 559 g/mol. The van der Waals surface area contributed by atoms with Crippen LogP contribution in [0.3, 0.4) is 0 Å². The predicted molar refractivity (Wildman–Crippen MR) is 148 cm³/mol. The third-order valence-electron chi connectivity index (χ3n) is 5.84. The van der Waals surface area contributed by atoms with Crippen LogP contribution in [0, 0.1) is 5.82 Å². The van der Waals surface area contributed by atoms with E-state index in [1.807, 2.05) is 37.3 Å². The van der Waals surface area contributed by atoms with Crippen LogP contribution in [0.15, 0.2) is 78.9 Å². The van der Waals surface area contributed by atoms with Crippen LogP contribution in [-0.4, -0.2) is 50.5 Å². The SMILES string of the molecule is CCCNC(=O)C(Cc1ccccc1)N(Cc1cccc(Cl)c1)C(=O)CN(c1cccc(F)c1)S(C)(=O)=O. The molecule has 0 saturated heterocycles. The van der Waals surface area contributed by atoms with E-state index in [1.54, 1.807) is 24.3 Å². The number of halogens is 2. The number of hydrogen-bond donors (Lipinski definition) is 1. The van der Waals surface area contributed by atoms with Crippen LogP contribution in [0.1, 0.15) is 24.5 Å². The highest BCUT2D eigenvalue weighted by molar-refractivity contribution is 7.92. The lowest BCUT2D eigenvalue weighted by Crippen LogP contribution is -2.53. The lowest BCUT2D eigenvalue weighted by Gasteiger charge is -2.33. The first kappa shape index (κ1) is 29.1. The molecule has 10 heteroatoms. The molecule has 38 heavy (non-hydrogen) atoms. The van der Waals surface area contributed by atoms with Crippen LogP contribution in [0.5, 0.6) is 0 Å². The van der Waals surface area contributed by atoms with E-state index in [1.165, 1.54) is 23.1 Å². The molecule has 1 unspecified atom stereocenters. The predicted octanol–water partition coefficient (Wildman–Crippen LogP) is 4.41. The summed E-state index contributed by atoms with van der Waals surface area (Å²) in [4.78, 5) is 28.6. The highest BCUT2D eigenvalue weighted by Gasteiger charge is 2.33. The molecule has 0 bridgehead atoms. The largest absolute Gasteiger partial charge is 0.354 e. The maximum absolute atomic E-state index is 13.9. The molecule has 0 aromatic heterocycles. The van der Waals surface area contributed by atoms with Crippen molar-refractivity contribution < 1.29 is 22.4 Å². The fourth-order valence-corrected chi connectivity index (χ4v) is 5.05. The van der Waals surface area contributed by atoms with E-state index < -0.39 is 34.3 Å². The van der Waals surface area contributed by atoms with Crippen LogP contribution < -0.4 is 9.62 Å². The molecule has 0 heterocycles. The molecule has 0 fully saturated rings. The van der Waals surface area contributed by atoms with Gasteiger partial charge in [-0.25, -0.2) is 12.8 Å². The fraction of sp³-hybridized carbons (Fsp3) is 0.286. The number of benzene rings is 3. The van der Waals surface area contributed by atoms with Gasteiger partial charge in [-0.15, -0.1) is 0 Å². The van der Waals surface area contributed by atoms with Crippen molar-refractivity contribution in [2.45, 2.75) is 32.4 Å². The van der Waals surface area contributed by atoms with Crippen LogP contribution in [0.25, 0.3) is 0 Å². The van der Waals surface area contributed by atoms with E-state index in [0.717, 1.165) is 22.2 Å². The summed E-state index contributed by atoms with van der Waals surface area (Å²) in [6.07, 6.45) is 1.86. The van der Waals surface area contributed by atoms with Crippen molar-refractivity contribution in [3.63, 3.8) is 0 Å². The Balaban J connectivity index is 2.04. The summed E-state index contributed by atoms with van der Waals surface area (Å²) in [5, 5.41) is 3.33. The van der Waals surface area contributed by atoms with Gasteiger partial charge in [-0.2, -0.15) is 0 Å². The zero-order chi connectivity index (χ0) is 27.7. The fourth-order valence-electron chi connectivity index (χ4n) is 4.00. The Morgan fingerprint density at radius 3 is 2.29 bits per heavy atom. The number of rotatable bonds is 12. The van der Waals surface area contributed by atoms with Gasteiger partial charge in [0.25, 0.3) is 0 Å². The minimum atomic E-state index is -3.96. The van der Waals surface area contributed by atoms with Gasteiger partial charge >= 0.3 is 0 Å². The molecule has 3 rings (SSSR count). The molecule has 2 amide bonds. The Bertz CT molecular complexity index is 1350. The third kappa shape index (κ3) is 8.29. The van der Waals surface area contributed by atoms with Gasteiger partial charge in [0.05, 0.1) is 11.9 Å². The van der Waals surface area contributed by atoms with Crippen LogP contribution >= 0.6 is 11.6 Å². The van der Waals surface area contributed by atoms with Crippen LogP contribution in [0.4, 0.5) is 10.1 Å². The summed E-state index contributed by atoms with van der Waals surface area (Å²) in [5.74, 6) is -1.62. The minimum absolute atomic E-state index is 0.0111. The van der Waals surface area contributed by atoms with E-state index >= 15 is 0 Å². The molecule has 202 valence electrons. The number of nitrogens with one attached hydrogen (secondary N) is 1. The van der Waals surface area contributed by atoms with E-state index in [4.69, 9.17) is 11.6 Å². The Morgan fingerprint density at radius 1 is 0.974 bits per heavy atom. The van der Waals surface area contributed by atoms with Gasteiger partial charge in [0, 0.05) is 24.5 Å². The lowest BCUT2D eigenvalue weighted by atomic mass is 10.0. The summed E-state index contributed by atoms with van der Waals surface area (Å²) in [7, 11) is -3.96. The second kappa shape index (κ2) is 13.4. The summed E-state index contributed by atoms with van der Waals surface area (Å²) < 4.78 is 40.1. The van der Waals surface area contributed by atoms with Crippen molar-refractivity contribution in [2.75, 3.05) is 23.7 Å². The van der Waals surface area contributed by atoms with Gasteiger partial charge in [0.2, 0.25) is 21.8 Å². The minimum Gasteiger partial charge on any atom is -0.354 e. The van der Waals surface area contributed by atoms with Crippen molar-refractivity contribution in [1.82, 2.24) is 10.2 Å². The molecule has 3 aromatic carbocycles. The molecular weight excluding hydrogens is 529 g/mol. The Morgan fingerprint density at radius 2 is 1.66 bits per heavy atom. The Kier molecular flexibility index (Phi) is 10.3. The molecule has 0 radical (unpaired) electrons. The number of nitrogens with zero attached hydrogens (tertiary/aromatic N) is 2. The average molecular weight is 560 g/mol. The highest BCUT2D eigenvalue weighted by Crippen LogP contribution is 2.22. The zero-order valence-corrected chi connectivity index (χ0v) is 22.9. The van der Waals surface area contributed by atoms with Gasteiger partial charge in [-0.1, -0.05) is 67.1 Å². The second-order valence-electron chi connectivity index (χ2n) is 8.90. The summed E-state index contributed by atoms with van der Waals surface area (Å²) in [5.41, 5.74) is 1.51. The first-order valence-electron chi connectivity index (χ1n) is 12.2. The molecule has 7 nitrogen and oxygen atoms in total. The van der Waals surface area contributed by atoms with Gasteiger partial charge in [-0.3, -0.25) is 13.9 Å². The third-order valence-corrected chi connectivity index (χ3v) is 7.21. The molecule has 0 spiro atoms. The highest BCUT2D eigenvalue weighted by atomic mass is 35.5. The van der Waals surface area contributed by atoms with E-state index in [0.29, 0.717) is 23.6 Å². The second-order valence-corrected chi connectivity index (χ2v) is 11.2. The molecular formula is C28H31ClFN3O4S. The summed E-state index contributed by atoms with van der Waals surface area (Å²) >= 11 is 6.18. The molecule has 1 atom stereocenters. The number of anilines is 1. The first-order valence-corrected chi connectivity index (χ1v) is 14.4. The zero-order valence-electron chi connectivity index (χ0n) is 21.3. The molecule has 0 saturated carbocycles.